The van der Waals surface area contributed by atoms with Gasteiger partial charge in [0.05, 0.1) is 12.6 Å². The second-order valence-corrected chi connectivity index (χ2v) is 5.74. The monoisotopic (exact) mass is 269 g/mol. The number of hydrogen-bond donors (Lipinski definition) is 1. The smallest absolute Gasteiger partial charge is 0.407 e. The second-order valence-electron chi connectivity index (χ2n) is 5.74. The Morgan fingerprint density at radius 3 is 2.53 bits per heavy atom. The molecule has 0 aromatic carbocycles. The molecule has 1 N–H and O–H groups in total. The minimum atomic E-state index is -0.934. The van der Waals surface area contributed by atoms with E-state index in [0.29, 0.717) is 18.7 Å². The van der Waals surface area contributed by atoms with Crippen LogP contribution in [-0.2, 0) is 9.53 Å². The Hall–Kier alpha value is -1.52. The molecule has 5 nitrogen and oxygen atoms in total. The van der Waals surface area contributed by atoms with Crippen LogP contribution in [0.2, 0.25) is 0 Å². The third kappa shape index (κ3) is 3.98. The second kappa shape index (κ2) is 6.08. The molecule has 1 heterocycles. The Balaban J connectivity index is 3.00. The van der Waals surface area contributed by atoms with Gasteiger partial charge in [-0.05, 0) is 25.2 Å². The summed E-state index contributed by atoms with van der Waals surface area (Å²) in [6.45, 7) is 8.38. The van der Waals surface area contributed by atoms with Gasteiger partial charge in [-0.3, -0.25) is 0 Å². The largest absolute Gasteiger partial charge is 0.465 e. The average Bonchev–Trinajstić information content (AvgIpc) is 2.72. The van der Waals surface area contributed by atoms with Crippen LogP contribution in [0.4, 0.5) is 4.79 Å². The number of carbonyl (C=O) groups is 2. The number of hydrogen-bond acceptors (Lipinski definition) is 3. The van der Waals surface area contributed by atoms with Crippen LogP contribution in [-0.4, -0.2) is 41.3 Å². The topological polar surface area (TPSA) is 66.8 Å². The highest BCUT2D eigenvalue weighted by Gasteiger charge is 2.31. The van der Waals surface area contributed by atoms with Crippen molar-refractivity contribution < 1.29 is 19.4 Å². The maximum absolute atomic E-state index is 12.0. The number of likely N-dealkylation sites (tertiary alicyclic amines) is 1. The summed E-state index contributed by atoms with van der Waals surface area (Å²) in [5.41, 5.74) is 0.187. The minimum Gasteiger partial charge on any atom is -0.465 e. The molecule has 1 rings (SSSR count). The molecule has 0 radical (unpaired) electrons. The van der Waals surface area contributed by atoms with Gasteiger partial charge in [-0.15, -0.1) is 0 Å². The highest BCUT2D eigenvalue weighted by atomic mass is 16.5. The summed E-state index contributed by atoms with van der Waals surface area (Å²) in [7, 11) is 0. The molecule has 1 aliphatic heterocycles. The molecule has 0 spiro atoms. The van der Waals surface area contributed by atoms with E-state index in [4.69, 9.17) is 9.84 Å². The lowest BCUT2D eigenvalue weighted by Gasteiger charge is -2.25. The standard InChI is InChI=1S/C14H23NO4/c1-5-19-12(16)11(14(2,3)4)9-10-7-6-8-15(10)13(17)18/h9-10H,5-8H2,1-4H3,(H,17,18)/b11-9-/t10-/m0/s1. The normalized spacial score (nSPS) is 20.5. The van der Waals surface area contributed by atoms with Gasteiger partial charge in [0.2, 0.25) is 0 Å². The van der Waals surface area contributed by atoms with E-state index in [2.05, 4.69) is 0 Å². The van der Waals surface area contributed by atoms with Gasteiger partial charge in [0.25, 0.3) is 0 Å². The van der Waals surface area contributed by atoms with Crippen LogP contribution in [0, 0.1) is 5.41 Å². The average molecular weight is 269 g/mol. The number of rotatable bonds is 3. The van der Waals surface area contributed by atoms with Crippen molar-refractivity contribution in [2.24, 2.45) is 5.41 Å². The van der Waals surface area contributed by atoms with Crippen molar-refractivity contribution in [2.45, 2.75) is 46.6 Å². The van der Waals surface area contributed by atoms with Crippen LogP contribution >= 0.6 is 0 Å². The molecule has 1 saturated heterocycles. The number of esters is 1. The zero-order valence-corrected chi connectivity index (χ0v) is 12.1. The molecular weight excluding hydrogens is 246 g/mol. The summed E-state index contributed by atoms with van der Waals surface area (Å²) in [5.74, 6) is -0.354. The zero-order chi connectivity index (χ0) is 14.6. The van der Waals surface area contributed by atoms with Crippen LogP contribution in [0.15, 0.2) is 11.6 Å². The third-order valence-electron chi connectivity index (χ3n) is 3.21. The fraction of sp³-hybridized carbons (Fsp3) is 0.714. The SMILES string of the molecule is CCOC(=O)/C(=C/[C@@H]1CCCN1C(=O)O)C(C)(C)C. The first kappa shape index (κ1) is 15.5. The molecule has 0 saturated carbocycles. The Labute approximate surface area is 114 Å². The molecule has 19 heavy (non-hydrogen) atoms. The van der Waals surface area contributed by atoms with Gasteiger partial charge in [0.15, 0.2) is 0 Å². The molecule has 0 aromatic rings. The quantitative estimate of drug-likeness (QED) is 0.632. The van der Waals surface area contributed by atoms with Gasteiger partial charge in [0.1, 0.15) is 0 Å². The maximum atomic E-state index is 12.0. The van der Waals surface area contributed by atoms with Crippen molar-refractivity contribution in [2.75, 3.05) is 13.2 Å². The first-order chi connectivity index (χ1) is 8.77. The van der Waals surface area contributed by atoms with Crippen molar-refractivity contribution in [1.29, 1.82) is 0 Å². The predicted octanol–water partition coefficient (Wildman–Crippen LogP) is 2.66. The van der Waals surface area contributed by atoms with Crippen LogP contribution < -0.4 is 0 Å². The summed E-state index contributed by atoms with van der Waals surface area (Å²) in [6, 6.07) is -0.226. The van der Waals surface area contributed by atoms with Crippen molar-refractivity contribution in [1.82, 2.24) is 4.90 Å². The lowest BCUT2D eigenvalue weighted by Crippen LogP contribution is -2.34. The molecule has 0 aromatic heterocycles. The molecule has 1 atom stereocenters. The van der Waals surface area contributed by atoms with Gasteiger partial charge in [0, 0.05) is 12.1 Å². The van der Waals surface area contributed by atoms with E-state index < -0.39 is 6.09 Å². The lowest BCUT2D eigenvalue weighted by atomic mass is 9.85. The Morgan fingerprint density at radius 2 is 2.05 bits per heavy atom. The van der Waals surface area contributed by atoms with Crippen LogP contribution in [0.1, 0.15) is 40.5 Å². The summed E-state index contributed by atoms with van der Waals surface area (Å²) in [6.07, 6.45) is 2.41. The first-order valence-electron chi connectivity index (χ1n) is 6.66. The summed E-state index contributed by atoms with van der Waals surface area (Å²) in [5, 5.41) is 9.12. The Kier molecular flexibility index (Phi) is 4.97. The summed E-state index contributed by atoms with van der Waals surface area (Å²) >= 11 is 0. The number of nitrogens with zero attached hydrogens (tertiary/aromatic N) is 1. The molecule has 0 unspecified atom stereocenters. The van der Waals surface area contributed by atoms with E-state index in [0.717, 1.165) is 12.8 Å². The van der Waals surface area contributed by atoms with Crippen LogP contribution in [0.5, 0.6) is 0 Å². The first-order valence-corrected chi connectivity index (χ1v) is 6.66. The van der Waals surface area contributed by atoms with E-state index in [1.54, 1.807) is 13.0 Å². The van der Waals surface area contributed by atoms with E-state index in [1.807, 2.05) is 20.8 Å². The number of ether oxygens (including phenoxy) is 1. The molecular formula is C14H23NO4. The fourth-order valence-corrected chi connectivity index (χ4v) is 2.23. The third-order valence-corrected chi connectivity index (χ3v) is 3.21. The van der Waals surface area contributed by atoms with Crippen molar-refractivity contribution in [3.63, 3.8) is 0 Å². The molecule has 0 bridgehead atoms. The molecule has 108 valence electrons. The minimum absolute atomic E-state index is 0.226. The molecule has 1 fully saturated rings. The Bertz CT molecular complexity index is 381. The zero-order valence-electron chi connectivity index (χ0n) is 12.1. The van der Waals surface area contributed by atoms with E-state index in [-0.39, 0.29) is 17.4 Å². The highest BCUT2D eigenvalue weighted by molar-refractivity contribution is 5.90. The summed E-state index contributed by atoms with van der Waals surface area (Å²) < 4.78 is 5.06. The molecule has 5 heteroatoms. The maximum Gasteiger partial charge on any atom is 0.407 e. The summed E-state index contributed by atoms with van der Waals surface area (Å²) in [4.78, 5) is 24.5. The Morgan fingerprint density at radius 1 is 1.42 bits per heavy atom. The van der Waals surface area contributed by atoms with Crippen LogP contribution in [0.25, 0.3) is 0 Å². The number of amides is 1. The van der Waals surface area contributed by atoms with Gasteiger partial charge in [-0.25, -0.2) is 9.59 Å². The van der Waals surface area contributed by atoms with Crippen LogP contribution in [0.3, 0.4) is 0 Å². The van der Waals surface area contributed by atoms with E-state index in [1.165, 1.54) is 4.90 Å². The van der Waals surface area contributed by atoms with Crippen molar-refractivity contribution >= 4 is 12.1 Å². The van der Waals surface area contributed by atoms with E-state index >= 15 is 0 Å². The fourth-order valence-electron chi connectivity index (χ4n) is 2.23. The van der Waals surface area contributed by atoms with Crippen molar-refractivity contribution in [3.05, 3.63) is 11.6 Å². The van der Waals surface area contributed by atoms with Gasteiger partial charge in [-0.1, -0.05) is 26.8 Å². The highest BCUT2D eigenvalue weighted by Crippen LogP contribution is 2.29. The van der Waals surface area contributed by atoms with Crippen molar-refractivity contribution in [3.8, 4) is 0 Å². The van der Waals surface area contributed by atoms with E-state index in [9.17, 15) is 9.59 Å². The van der Waals surface area contributed by atoms with Gasteiger partial charge in [-0.2, -0.15) is 0 Å². The lowest BCUT2D eigenvalue weighted by molar-refractivity contribution is -0.139. The molecule has 1 aliphatic rings. The van der Waals surface area contributed by atoms with Gasteiger partial charge >= 0.3 is 12.1 Å². The predicted molar refractivity (Wildman–Crippen MR) is 71.9 cm³/mol. The number of carboxylic acid groups (broad SMARTS) is 1. The number of carbonyl (C=O) groups excluding carboxylic acids is 1. The molecule has 0 aliphatic carbocycles. The molecule has 1 amide bonds. The van der Waals surface area contributed by atoms with Gasteiger partial charge < -0.3 is 14.7 Å².